The summed E-state index contributed by atoms with van der Waals surface area (Å²) in [6.07, 6.45) is 1.11. The van der Waals surface area contributed by atoms with Crippen molar-refractivity contribution in [3.8, 4) is 11.4 Å². The van der Waals surface area contributed by atoms with Crippen molar-refractivity contribution in [2.75, 3.05) is 0 Å². The van der Waals surface area contributed by atoms with Gasteiger partial charge in [-0.15, -0.1) is 5.10 Å². The molecule has 5 rings (SSSR count). The third kappa shape index (κ3) is 3.29. The zero-order valence-corrected chi connectivity index (χ0v) is 20.3. The van der Waals surface area contributed by atoms with Crippen LogP contribution in [0.3, 0.4) is 0 Å². The van der Waals surface area contributed by atoms with Crippen LogP contribution in [0.4, 0.5) is 0 Å². The standard InChI is InChI=1S/C23H25BrN4O4/c1-22(2,3)32-20(30)16-9-8-15-17(24)19(29)28-21(27(15)16)25-18(26-28)12-6-7-14-13(10-12)11-31-23(14,4)5/h6-7,10,16H,8-9,11H2,1-5H3. The molecule has 0 N–H and O–H groups in total. The van der Waals surface area contributed by atoms with Gasteiger partial charge in [-0.25, -0.2) is 4.79 Å². The quantitative estimate of drug-likeness (QED) is 0.495. The first-order chi connectivity index (χ1) is 15.0. The molecule has 1 aromatic carbocycles. The van der Waals surface area contributed by atoms with Crippen LogP contribution in [0.1, 0.15) is 63.9 Å². The molecule has 9 heteroatoms. The van der Waals surface area contributed by atoms with E-state index in [-0.39, 0.29) is 17.1 Å². The Bertz CT molecular complexity index is 1330. The normalized spacial score (nSPS) is 19.2. The topological polar surface area (TPSA) is 87.7 Å². The van der Waals surface area contributed by atoms with Gasteiger partial charge in [0, 0.05) is 11.3 Å². The van der Waals surface area contributed by atoms with E-state index in [1.807, 2.05) is 52.8 Å². The second-order valence-electron chi connectivity index (χ2n) is 9.84. The molecular weight excluding hydrogens is 476 g/mol. The maximum absolute atomic E-state index is 13.0. The third-order valence-electron chi connectivity index (χ3n) is 5.98. The Morgan fingerprint density at radius 2 is 2.06 bits per heavy atom. The number of fused-ring (bicyclic) bond motifs is 4. The van der Waals surface area contributed by atoms with Crippen molar-refractivity contribution >= 4 is 27.7 Å². The van der Waals surface area contributed by atoms with E-state index < -0.39 is 11.6 Å². The fourth-order valence-corrected chi connectivity index (χ4v) is 5.05. The van der Waals surface area contributed by atoms with E-state index in [4.69, 9.17) is 14.5 Å². The molecule has 0 saturated carbocycles. The van der Waals surface area contributed by atoms with E-state index in [0.29, 0.717) is 35.5 Å². The monoisotopic (exact) mass is 500 g/mol. The van der Waals surface area contributed by atoms with Gasteiger partial charge in [-0.2, -0.15) is 9.50 Å². The fraction of sp³-hybridized carbons (Fsp3) is 0.478. The molecule has 0 aliphatic carbocycles. The van der Waals surface area contributed by atoms with Crippen LogP contribution < -0.4 is 5.56 Å². The number of esters is 1. The summed E-state index contributed by atoms with van der Waals surface area (Å²) in [7, 11) is 0. The summed E-state index contributed by atoms with van der Waals surface area (Å²) < 4.78 is 15.0. The molecule has 1 unspecified atom stereocenters. The number of aromatic nitrogens is 4. The molecule has 8 nitrogen and oxygen atoms in total. The molecule has 0 amide bonds. The van der Waals surface area contributed by atoms with Crippen molar-refractivity contribution in [1.29, 1.82) is 0 Å². The second-order valence-corrected chi connectivity index (χ2v) is 10.6. The van der Waals surface area contributed by atoms with Crippen LogP contribution in [-0.4, -0.2) is 30.7 Å². The maximum atomic E-state index is 13.0. The molecule has 0 spiro atoms. The van der Waals surface area contributed by atoms with E-state index in [0.717, 1.165) is 22.4 Å². The van der Waals surface area contributed by atoms with Crippen LogP contribution in [0.5, 0.6) is 0 Å². The van der Waals surface area contributed by atoms with Crippen LogP contribution in [0.2, 0.25) is 0 Å². The lowest BCUT2D eigenvalue weighted by atomic mass is 9.94. The highest BCUT2D eigenvalue weighted by Crippen LogP contribution is 2.38. The lowest BCUT2D eigenvalue weighted by Crippen LogP contribution is -2.31. The SMILES string of the molecule is CC(C)(C)OC(=O)C1CCc2c(Br)c(=O)n3nc(-c4ccc5c(c4)COC5(C)C)nc3n21. The van der Waals surface area contributed by atoms with Crippen molar-refractivity contribution in [1.82, 2.24) is 19.2 Å². The van der Waals surface area contributed by atoms with Crippen molar-refractivity contribution in [3.63, 3.8) is 0 Å². The number of nitrogens with zero attached hydrogens (tertiary/aromatic N) is 4. The van der Waals surface area contributed by atoms with Gasteiger partial charge in [0.1, 0.15) is 16.1 Å². The number of rotatable bonds is 2. The van der Waals surface area contributed by atoms with Gasteiger partial charge in [-0.1, -0.05) is 12.1 Å². The summed E-state index contributed by atoms with van der Waals surface area (Å²) in [5.74, 6) is 0.432. The Kier molecular flexibility index (Phi) is 4.66. The number of ether oxygens (including phenoxy) is 2. The Morgan fingerprint density at radius 3 is 2.78 bits per heavy atom. The highest BCUT2D eigenvalue weighted by molar-refractivity contribution is 9.10. The first-order valence-corrected chi connectivity index (χ1v) is 11.5. The van der Waals surface area contributed by atoms with E-state index in [1.54, 1.807) is 4.57 Å². The van der Waals surface area contributed by atoms with Crippen molar-refractivity contribution in [2.24, 2.45) is 0 Å². The van der Waals surface area contributed by atoms with Crippen LogP contribution in [0, 0.1) is 0 Å². The maximum Gasteiger partial charge on any atom is 0.329 e. The molecule has 2 aromatic heterocycles. The summed E-state index contributed by atoms with van der Waals surface area (Å²) in [4.78, 5) is 30.6. The van der Waals surface area contributed by atoms with Gasteiger partial charge in [0.15, 0.2) is 5.82 Å². The minimum absolute atomic E-state index is 0.291. The second kappa shape index (κ2) is 6.99. The summed E-state index contributed by atoms with van der Waals surface area (Å²) in [5, 5.41) is 4.50. The van der Waals surface area contributed by atoms with Crippen molar-refractivity contribution in [3.05, 3.63) is 49.8 Å². The zero-order valence-electron chi connectivity index (χ0n) is 18.7. The van der Waals surface area contributed by atoms with Crippen molar-refractivity contribution < 1.29 is 14.3 Å². The molecule has 0 radical (unpaired) electrons. The first kappa shape index (κ1) is 21.3. The predicted octanol–water partition coefficient (Wildman–Crippen LogP) is 3.91. The molecular formula is C23H25BrN4O4. The molecule has 0 bridgehead atoms. The number of halogens is 1. The highest BCUT2D eigenvalue weighted by atomic mass is 79.9. The molecule has 32 heavy (non-hydrogen) atoms. The average Bonchev–Trinajstić information content (AvgIpc) is 3.40. The van der Waals surface area contributed by atoms with Crippen LogP contribution in [-0.2, 0) is 32.9 Å². The molecule has 0 fully saturated rings. The molecule has 2 aliphatic rings. The summed E-state index contributed by atoms with van der Waals surface area (Å²) in [5.41, 5.74) is 2.53. The summed E-state index contributed by atoms with van der Waals surface area (Å²) >= 11 is 3.42. The van der Waals surface area contributed by atoms with Crippen LogP contribution in [0.25, 0.3) is 17.2 Å². The van der Waals surface area contributed by atoms with Gasteiger partial charge in [0.25, 0.3) is 5.56 Å². The molecule has 1 atom stereocenters. The van der Waals surface area contributed by atoms with Crippen molar-refractivity contribution in [2.45, 2.75) is 71.3 Å². The van der Waals surface area contributed by atoms with Crippen LogP contribution >= 0.6 is 15.9 Å². The lowest BCUT2D eigenvalue weighted by Gasteiger charge is -2.23. The predicted molar refractivity (Wildman–Crippen MR) is 121 cm³/mol. The Labute approximate surface area is 193 Å². The Morgan fingerprint density at radius 1 is 1.31 bits per heavy atom. The van der Waals surface area contributed by atoms with E-state index in [1.165, 1.54) is 4.52 Å². The Hall–Kier alpha value is -2.52. The average molecular weight is 501 g/mol. The number of hydrogen-bond acceptors (Lipinski definition) is 6. The van der Waals surface area contributed by atoms with Gasteiger partial charge in [-0.3, -0.25) is 9.36 Å². The number of carbonyl (C=O) groups excluding carboxylic acids is 1. The number of hydrogen-bond donors (Lipinski definition) is 0. The number of benzene rings is 1. The zero-order chi connectivity index (χ0) is 23.0. The summed E-state index contributed by atoms with van der Waals surface area (Å²) in [6, 6.07) is 5.42. The summed E-state index contributed by atoms with van der Waals surface area (Å²) in [6.45, 7) is 10.1. The van der Waals surface area contributed by atoms with E-state index >= 15 is 0 Å². The van der Waals surface area contributed by atoms with Gasteiger partial charge < -0.3 is 9.47 Å². The first-order valence-electron chi connectivity index (χ1n) is 10.7. The third-order valence-corrected chi connectivity index (χ3v) is 6.77. The van der Waals surface area contributed by atoms with Crippen LogP contribution in [0.15, 0.2) is 27.5 Å². The lowest BCUT2D eigenvalue weighted by molar-refractivity contribution is -0.158. The molecule has 2 aliphatic heterocycles. The minimum atomic E-state index is -0.606. The largest absolute Gasteiger partial charge is 0.458 e. The molecule has 0 saturated heterocycles. The Balaban J connectivity index is 1.64. The molecule has 4 heterocycles. The number of carbonyl (C=O) groups is 1. The van der Waals surface area contributed by atoms with E-state index in [9.17, 15) is 9.59 Å². The van der Waals surface area contributed by atoms with E-state index in [2.05, 4.69) is 21.0 Å². The van der Waals surface area contributed by atoms with Gasteiger partial charge in [0.05, 0.1) is 12.2 Å². The fourth-order valence-electron chi connectivity index (χ4n) is 4.49. The van der Waals surface area contributed by atoms with Gasteiger partial charge >= 0.3 is 5.97 Å². The smallest absolute Gasteiger partial charge is 0.329 e. The minimum Gasteiger partial charge on any atom is -0.458 e. The highest BCUT2D eigenvalue weighted by Gasteiger charge is 2.36. The van der Waals surface area contributed by atoms with Gasteiger partial charge in [0.2, 0.25) is 5.78 Å². The molecule has 3 aromatic rings. The van der Waals surface area contributed by atoms with Gasteiger partial charge in [-0.05, 0) is 80.6 Å². The molecule has 168 valence electrons.